The Balaban J connectivity index is 3.35. The number of pyridine rings is 1. The van der Waals surface area contributed by atoms with E-state index >= 15 is 0 Å². The predicted octanol–water partition coefficient (Wildman–Crippen LogP) is 2.49. The number of aryl methyl sites for hydroxylation is 1. The van der Waals surface area contributed by atoms with E-state index in [1.165, 1.54) is 7.11 Å². The Bertz CT molecular complexity index is 418. The molecule has 0 N–H and O–H groups in total. The van der Waals surface area contributed by atoms with Crippen molar-refractivity contribution in [3.63, 3.8) is 0 Å². The van der Waals surface area contributed by atoms with Gasteiger partial charge in [-0.3, -0.25) is 0 Å². The molecule has 88 valence electrons. The standard InChI is InChI=1S/C11H14INO3/c1-5-16-11(14)8-6(2)9(12)7(3)13-10(8)15-4/h5H2,1-4H3. The molecule has 0 unspecified atom stereocenters. The second kappa shape index (κ2) is 5.47. The van der Waals surface area contributed by atoms with Crippen molar-refractivity contribution >= 4 is 28.6 Å². The van der Waals surface area contributed by atoms with Gasteiger partial charge in [0.1, 0.15) is 5.56 Å². The lowest BCUT2D eigenvalue weighted by Gasteiger charge is -2.12. The summed E-state index contributed by atoms with van der Waals surface area (Å²) in [6.45, 7) is 5.86. The molecule has 1 aromatic heterocycles. The summed E-state index contributed by atoms with van der Waals surface area (Å²) in [6.07, 6.45) is 0. The largest absolute Gasteiger partial charge is 0.480 e. The monoisotopic (exact) mass is 335 g/mol. The van der Waals surface area contributed by atoms with Crippen LogP contribution in [0.1, 0.15) is 28.5 Å². The number of ether oxygens (including phenoxy) is 2. The van der Waals surface area contributed by atoms with Gasteiger partial charge in [0.15, 0.2) is 0 Å². The lowest BCUT2D eigenvalue weighted by molar-refractivity contribution is 0.0520. The summed E-state index contributed by atoms with van der Waals surface area (Å²) < 4.78 is 11.1. The Morgan fingerprint density at radius 1 is 1.44 bits per heavy atom. The molecule has 1 aromatic rings. The van der Waals surface area contributed by atoms with Crippen LogP contribution in [0.4, 0.5) is 0 Å². The van der Waals surface area contributed by atoms with Gasteiger partial charge in [-0.05, 0) is 48.9 Å². The summed E-state index contributed by atoms with van der Waals surface area (Å²) in [7, 11) is 1.50. The van der Waals surface area contributed by atoms with Gasteiger partial charge in [-0.25, -0.2) is 9.78 Å². The number of rotatable bonds is 3. The molecule has 4 nitrogen and oxygen atoms in total. The fourth-order valence-corrected chi connectivity index (χ4v) is 1.78. The number of carbonyl (C=O) groups excluding carboxylic acids is 1. The first-order valence-corrected chi connectivity index (χ1v) is 5.98. The number of hydrogen-bond acceptors (Lipinski definition) is 4. The van der Waals surface area contributed by atoms with Gasteiger partial charge in [0, 0.05) is 3.57 Å². The van der Waals surface area contributed by atoms with Crippen molar-refractivity contribution in [2.24, 2.45) is 0 Å². The molecule has 0 radical (unpaired) electrons. The zero-order valence-electron chi connectivity index (χ0n) is 9.76. The zero-order chi connectivity index (χ0) is 12.3. The molecule has 0 aromatic carbocycles. The molecular formula is C11H14INO3. The molecule has 0 saturated heterocycles. The second-order valence-electron chi connectivity index (χ2n) is 3.24. The first kappa shape index (κ1) is 13.2. The van der Waals surface area contributed by atoms with E-state index in [1.807, 2.05) is 13.8 Å². The molecule has 5 heteroatoms. The Kier molecular flexibility index (Phi) is 4.52. The quantitative estimate of drug-likeness (QED) is 0.629. The zero-order valence-corrected chi connectivity index (χ0v) is 11.9. The van der Waals surface area contributed by atoms with E-state index in [4.69, 9.17) is 9.47 Å². The van der Waals surface area contributed by atoms with Crippen LogP contribution >= 0.6 is 22.6 Å². The lowest BCUT2D eigenvalue weighted by atomic mass is 10.1. The van der Waals surface area contributed by atoms with E-state index in [0.29, 0.717) is 18.1 Å². The van der Waals surface area contributed by atoms with E-state index in [1.54, 1.807) is 6.92 Å². The van der Waals surface area contributed by atoms with Crippen molar-refractivity contribution in [1.29, 1.82) is 0 Å². The van der Waals surface area contributed by atoms with E-state index in [2.05, 4.69) is 27.6 Å². The molecule has 1 heterocycles. The van der Waals surface area contributed by atoms with E-state index in [9.17, 15) is 4.79 Å². The summed E-state index contributed by atoms with van der Waals surface area (Å²) in [4.78, 5) is 16.0. The van der Waals surface area contributed by atoms with Gasteiger partial charge in [-0.15, -0.1) is 0 Å². The van der Waals surface area contributed by atoms with E-state index < -0.39 is 0 Å². The van der Waals surface area contributed by atoms with Crippen LogP contribution in [0.25, 0.3) is 0 Å². The van der Waals surface area contributed by atoms with Crippen molar-refractivity contribution in [2.45, 2.75) is 20.8 Å². The predicted molar refractivity (Wildman–Crippen MR) is 68.9 cm³/mol. The third-order valence-electron chi connectivity index (χ3n) is 2.18. The van der Waals surface area contributed by atoms with Gasteiger partial charge in [-0.2, -0.15) is 0 Å². The van der Waals surface area contributed by atoms with Gasteiger partial charge in [-0.1, -0.05) is 0 Å². The fourth-order valence-electron chi connectivity index (χ4n) is 1.39. The lowest BCUT2D eigenvalue weighted by Crippen LogP contribution is -2.12. The number of carbonyl (C=O) groups is 1. The highest BCUT2D eigenvalue weighted by molar-refractivity contribution is 14.1. The minimum atomic E-state index is -0.387. The highest BCUT2D eigenvalue weighted by atomic mass is 127. The SMILES string of the molecule is CCOC(=O)c1c(OC)nc(C)c(I)c1C. The first-order valence-electron chi connectivity index (χ1n) is 4.90. The summed E-state index contributed by atoms with van der Waals surface area (Å²) in [5, 5.41) is 0. The van der Waals surface area contributed by atoms with Gasteiger partial charge >= 0.3 is 5.97 Å². The molecule has 1 rings (SSSR count). The molecule has 0 aliphatic heterocycles. The van der Waals surface area contributed by atoms with Crippen LogP contribution in [-0.2, 0) is 4.74 Å². The number of hydrogen-bond donors (Lipinski definition) is 0. The van der Waals surface area contributed by atoms with Crippen molar-refractivity contribution in [3.05, 3.63) is 20.4 Å². The number of halogens is 1. The average molecular weight is 335 g/mol. The third kappa shape index (κ3) is 2.45. The van der Waals surface area contributed by atoms with Gasteiger partial charge in [0.05, 0.1) is 19.4 Å². The van der Waals surface area contributed by atoms with E-state index in [-0.39, 0.29) is 5.97 Å². The van der Waals surface area contributed by atoms with Crippen LogP contribution in [0.3, 0.4) is 0 Å². The van der Waals surface area contributed by atoms with Crippen LogP contribution in [0.15, 0.2) is 0 Å². The summed E-state index contributed by atoms with van der Waals surface area (Å²) >= 11 is 2.16. The number of methoxy groups -OCH3 is 1. The highest BCUT2D eigenvalue weighted by Gasteiger charge is 2.21. The Hall–Kier alpha value is -0.850. The van der Waals surface area contributed by atoms with Crippen LogP contribution in [-0.4, -0.2) is 24.7 Å². The third-order valence-corrected chi connectivity index (χ3v) is 3.77. The van der Waals surface area contributed by atoms with Crippen molar-refractivity contribution in [1.82, 2.24) is 4.98 Å². The summed E-state index contributed by atoms with van der Waals surface area (Å²) in [6, 6.07) is 0. The molecule has 0 amide bonds. The van der Waals surface area contributed by atoms with Gasteiger partial charge < -0.3 is 9.47 Å². The highest BCUT2D eigenvalue weighted by Crippen LogP contribution is 2.26. The Morgan fingerprint density at radius 2 is 2.06 bits per heavy atom. The van der Waals surface area contributed by atoms with E-state index in [0.717, 1.165) is 14.8 Å². The second-order valence-corrected chi connectivity index (χ2v) is 4.32. The van der Waals surface area contributed by atoms with Gasteiger partial charge in [0.2, 0.25) is 5.88 Å². The summed E-state index contributed by atoms with van der Waals surface area (Å²) in [5.74, 6) is -0.0591. The molecule has 0 bridgehead atoms. The van der Waals surface area contributed by atoms with Crippen molar-refractivity contribution in [2.75, 3.05) is 13.7 Å². The molecule has 0 spiro atoms. The van der Waals surface area contributed by atoms with Crippen LogP contribution < -0.4 is 4.74 Å². The van der Waals surface area contributed by atoms with Crippen LogP contribution in [0, 0.1) is 17.4 Å². The first-order chi connectivity index (χ1) is 7.52. The van der Waals surface area contributed by atoms with Gasteiger partial charge in [0.25, 0.3) is 0 Å². The smallest absolute Gasteiger partial charge is 0.343 e. The maximum atomic E-state index is 11.8. The van der Waals surface area contributed by atoms with Crippen LogP contribution in [0.5, 0.6) is 5.88 Å². The maximum Gasteiger partial charge on any atom is 0.343 e. The van der Waals surface area contributed by atoms with Crippen molar-refractivity contribution < 1.29 is 14.3 Å². The number of esters is 1. The van der Waals surface area contributed by atoms with Crippen LogP contribution in [0.2, 0.25) is 0 Å². The maximum absolute atomic E-state index is 11.8. The number of nitrogens with zero attached hydrogens (tertiary/aromatic N) is 1. The Labute approximate surface area is 108 Å². The normalized spacial score (nSPS) is 10.1. The minimum absolute atomic E-state index is 0.328. The van der Waals surface area contributed by atoms with Crippen molar-refractivity contribution in [3.8, 4) is 5.88 Å². The Morgan fingerprint density at radius 3 is 2.56 bits per heavy atom. The molecule has 16 heavy (non-hydrogen) atoms. The molecule has 0 aliphatic carbocycles. The molecule has 0 atom stereocenters. The molecule has 0 fully saturated rings. The summed E-state index contributed by atoms with van der Waals surface area (Å²) in [5.41, 5.74) is 2.12. The molecule has 0 saturated carbocycles. The molecular weight excluding hydrogens is 321 g/mol. The average Bonchev–Trinajstić information content (AvgIpc) is 2.25. The minimum Gasteiger partial charge on any atom is -0.480 e. The number of aromatic nitrogens is 1. The topological polar surface area (TPSA) is 48.4 Å². The molecule has 0 aliphatic rings. The fraction of sp³-hybridized carbons (Fsp3) is 0.455.